The number of nitrogens with two attached hydrogens (primary N) is 1. The quantitative estimate of drug-likeness (QED) is 0.492. The maximum absolute atomic E-state index is 9.45. The van der Waals surface area contributed by atoms with Gasteiger partial charge in [-0.15, -0.1) is 0 Å². The summed E-state index contributed by atoms with van der Waals surface area (Å²) in [4.78, 5) is 0. The Bertz CT molecular complexity index is 317. The largest absolute Gasteiger partial charge is 0.389 e. The number of aliphatic hydroxyl groups excluding tert-OH is 2. The van der Waals surface area contributed by atoms with E-state index in [1.54, 1.807) is 6.07 Å². The van der Waals surface area contributed by atoms with Crippen molar-refractivity contribution < 1.29 is 10.2 Å². The van der Waals surface area contributed by atoms with Crippen molar-refractivity contribution in [3.05, 3.63) is 11.8 Å². The highest BCUT2D eigenvalue weighted by Gasteiger charge is 2.21. The lowest BCUT2D eigenvalue weighted by atomic mass is 10.1. The van der Waals surface area contributed by atoms with Crippen LogP contribution in [0, 0.1) is 11.3 Å². The van der Waals surface area contributed by atoms with Gasteiger partial charge in [0.1, 0.15) is 11.9 Å². The Labute approximate surface area is 74.6 Å². The molecule has 0 spiro atoms. The molecule has 2 unspecified atom stereocenters. The van der Waals surface area contributed by atoms with Crippen LogP contribution >= 0.6 is 0 Å². The van der Waals surface area contributed by atoms with Crippen molar-refractivity contribution in [2.45, 2.75) is 18.6 Å². The average molecular weight is 182 g/mol. The van der Waals surface area contributed by atoms with Crippen LogP contribution in [0.4, 0.5) is 5.82 Å². The molecule has 1 rings (SSSR count). The zero-order valence-electron chi connectivity index (χ0n) is 6.81. The minimum Gasteiger partial charge on any atom is -0.389 e. The first-order valence-corrected chi connectivity index (χ1v) is 3.68. The first-order valence-electron chi connectivity index (χ1n) is 3.68. The highest BCUT2D eigenvalue weighted by Crippen LogP contribution is 2.21. The number of aromatic amines is 1. The van der Waals surface area contributed by atoms with Gasteiger partial charge in [-0.3, -0.25) is 5.10 Å². The zero-order valence-corrected chi connectivity index (χ0v) is 6.81. The number of H-pyrrole nitrogens is 1. The number of aromatic nitrogens is 2. The zero-order chi connectivity index (χ0) is 9.84. The van der Waals surface area contributed by atoms with Crippen molar-refractivity contribution in [2.24, 2.45) is 0 Å². The average Bonchev–Trinajstić information content (AvgIpc) is 2.50. The fourth-order valence-corrected chi connectivity index (χ4v) is 0.954. The Balaban J connectivity index is 2.74. The Morgan fingerprint density at radius 3 is 2.85 bits per heavy atom. The van der Waals surface area contributed by atoms with E-state index in [1.165, 1.54) is 6.20 Å². The Morgan fingerprint density at radius 2 is 2.38 bits per heavy atom. The number of nitriles is 1. The van der Waals surface area contributed by atoms with Crippen LogP contribution in [0.5, 0.6) is 0 Å². The highest BCUT2D eigenvalue weighted by atomic mass is 16.3. The van der Waals surface area contributed by atoms with Crippen LogP contribution in [-0.4, -0.2) is 26.5 Å². The predicted molar refractivity (Wildman–Crippen MR) is 44.2 cm³/mol. The Hall–Kier alpha value is -1.58. The summed E-state index contributed by atoms with van der Waals surface area (Å²) in [7, 11) is 0. The van der Waals surface area contributed by atoms with E-state index in [0.29, 0.717) is 5.56 Å². The first-order chi connectivity index (χ1) is 6.16. The lowest BCUT2D eigenvalue weighted by Crippen LogP contribution is -2.17. The van der Waals surface area contributed by atoms with Crippen LogP contribution in [-0.2, 0) is 0 Å². The van der Waals surface area contributed by atoms with Gasteiger partial charge in [0.05, 0.1) is 24.8 Å². The van der Waals surface area contributed by atoms with Crippen LogP contribution in [0.15, 0.2) is 6.20 Å². The van der Waals surface area contributed by atoms with Crippen molar-refractivity contribution in [3.8, 4) is 6.07 Å². The summed E-state index contributed by atoms with van der Waals surface area (Å²) < 4.78 is 0. The van der Waals surface area contributed by atoms with E-state index in [-0.39, 0.29) is 12.2 Å². The van der Waals surface area contributed by atoms with Crippen LogP contribution in [0.3, 0.4) is 0 Å². The van der Waals surface area contributed by atoms with E-state index in [0.717, 1.165) is 0 Å². The molecule has 13 heavy (non-hydrogen) atoms. The van der Waals surface area contributed by atoms with E-state index in [9.17, 15) is 10.2 Å². The standard InChI is InChI=1S/C7H10N4O2/c8-2-1-5(12)6(13)4-3-10-11-7(4)9/h3,5-6,12-13H,1H2,(H3,9,10,11). The third kappa shape index (κ3) is 1.96. The molecule has 5 N–H and O–H groups in total. The summed E-state index contributed by atoms with van der Waals surface area (Å²) >= 11 is 0. The number of aliphatic hydroxyl groups is 2. The number of nitrogen functional groups attached to an aromatic ring is 1. The monoisotopic (exact) mass is 182 g/mol. The van der Waals surface area contributed by atoms with E-state index in [4.69, 9.17) is 11.0 Å². The summed E-state index contributed by atoms with van der Waals surface area (Å²) in [5.41, 5.74) is 5.71. The fourth-order valence-electron chi connectivity index (χ4n) is 0.954. The molecule has 70 valence electrons. The molecular formula is C7H10N4O2. The Morgan fingerprint density at radius 1 is 1.69 bits per heavy atom. The van der Waals surface area contributed by atoms with Crippen molar-refractivity contribution in [1.29, 1.82) is 5.26 Å². The number of nitrogens with zero attached hydrogens (tertiary/aromatic N) is 2. The molecule has 0 aliphatic carbocycles. The minimum absolute atomic E-state index is 0.147. The molecule has 0 aliphatic heterocycles. The third-order valence-corrected chi connectivity index (χ3v) is 1.68. The maximum Gasteiger partial charge on any atom is 0.124 e. The van der Waals surface area contributed by atoms with Gasteiger partial charge in [-0.2, -0.15) is 10.4 Å². The fraction of sp³-hybridized carbons (Fsp3) is 0.429. The van der Waals surface area contributed by atoms with Crippen molar-refractivity contribution >= 4 is 5.82 Å². The van der Waals surface area contributed by atoms with Crippen LogP contribution in [0.2, 0.25) is 0 Å². The van der Waals surface area contributed by atoms with E-state index in [1.807, 2.05) is 0 Å². The van der Waals surface area contributed by atoms with E-state index in [2.05, 4.69) is 10.2 Å². The first kappa shape index (κ1) is 9.51. The van der Waals surface area contributed by atoms with Crippen molar-refractivity contribution in [2.75, 3.05) is 5.73 Å². The van der Waals surface area contributed by atoms with Gasteiger partial charge in [0, 0.05) is 5.56 Å². The molecule has 2 atom stereocenters. The van der Waals surface area contributed by atoms with Gasteiger partial charge >= 0.3 is 0 Å². The van der Waals surface area contributed by atoms with Gasteiger partial charge in [0.15, 0.2) is 0 Å². The van der Waals surface area contributed by atoms with Crippen molar-refractivity contribution in [1.82, 2.24) is 10.2 Å². The second kappa shape index (κ2) is 3.89. The molecule has 1 aromatic heterocycles. The Kier molecular flexibility index (Phi) is 2.84. The molecule has 0 radical (unpaired) electrons. The molecular weight excluding hydrogens is 172 g/mol. The number of nitrogens with one attached hydrogen (secondary N) is 1. The SMILES string of the molecule is N#CCC(O)C(O)c1cn[nH]c1N. The second-order valence-corrected chi connectivity index (χ2v) is 2.61. The third-order valence-electron chi connectivity index (χ3n) is 1.68. The lowest BCUT2D eigenvalue weighted by molar-refractivity contribution is 0.0221. The van der Waals surface area contributed by atoms with E-state index < -0.39 is 12.2 Å². The van der Waals surface area contributed by atoms with Crippen molar-refractivity contribution in [3.63, 3.8) is 0 Å². The number of rotatable bonds is 3. The van der Waals surface area contributed by atoms with Gasteiger partial charge in [-0.1, -0.05) is 0 Å². The molecule has 0 saturated carbocycles. The van der Waals surface area contributed by atoms with Gasteiger partial charge in [-0.25, -0.2) is 0 Å². The molecule has 0 bridgehead atoms. The predicted octanol–water partition coefficient (Wildman–Crippen LogP) is -0.700. The molecule has 1 aromatic rings. The number of hydrogen-bond donors (Lipinski definition) is 4. The summed E-state index contributed by atoms with van der Waals surface area (Å²) in [6.07, 6.45) is -1.13. The smallest absolute Gasteiger partial charge is 0.124 e. The summed E-state index contributed by atoms with van der Waals surface area (Å²) in [5.74, 6) is 0.199. The molecule has 6 heteroatoms. The van der Waals surface area contributed by atoms with Gasteiger partial charge in [-0.05, 0) is 0 Å². The molecule has 1 heterocycles. The number of hydrogen-bond acceptors (Lipinski definition) is 5. The maximum atomic E-state index is 9.45. The number of anilines is 1. The summed E-state index contributed by atoms with van der Waals surface area (Å²) in [6, 6.07) is 1.75. The van der Waals surface area contributed by atoms with Gasteiger partial charge in [0.25, 0.3) is 0 Å². The van der Waals surface area contributed by atoms with Crippen LogP contribution in [0.25, 0.3) is 0 Å². The summed E-state index contributed by atoms with van der Waals surface area (Å²) in [5, 5.41) is 33.0. The molecule has 0 amide bonds. The minimum atomic E-state index is -1.17. The summed E-state index contributed by atoms with van der Waals surface area (Å²) in [6.45, 7) is 0. The lowest BCUT2D eigenvalue weighted by Gasteiger charge is -2.13. The molecule has 0 fully saturated rings. The van der Waals surface area contributed by atoms with Crippen LogP contribution in [0.1, 0.15) is 18.1 Å². The molecule has 6 nitrogen and oxygen atoms in total. The normalized spacial score (nSPS) is 14.8. The topological polar surface area (TPSA) is 119 Å². The van der Waals surface area contributed by atoms with Crippen LogP contribution < -0.4 is 5.73 Å². The van der Waals surface area contributed by atoms with Gasteiger partial charge < -0.3 is 15.9 Å². The van der Waals surface area contributed by atoms with Gasteiger partial charge in [0.2, 0.25) is 0 Å². The van der Waals surface area contributed by atoms with E-state index >= 15 is 0 Å². The highest BCUT2D eigenvalue weighted by molar-refractivity contribution is 5.38. The molecule has 0 aromatic carbocycles. The second-order valence-electron chi connectivity index (χ2n) is 2.61. The molecule has 0 saturated heterocycles. The molecule has 0 aliphatic rings.